The molecule has 0 amide bonds. The van der Waals surface area contributed by atoms with Crippen LogP contribution in [-0.2, 0) is 0 Å². The van der Waals surface area contributed by atoms with Crippen molar-refractivity contribution in [2.24, 2.45) is 11.8 Å². The van der Waals surface area contributed by atoms with Crippen LogP contribution in [-0.4, -0.2) is 10.7 Å². The third kappa shape index (κ3) is 2.46. The zero-order valence-corrected chi connectivity index (χ0v) is 9.34. The van der Waals surface area contributed by atoms with Gasteiger partial charge in [0, 0.05) is 0 Å². The van der Waals surface area contributed by atoms with Crippen LogP contribution in [0, 0.1) is 11.8 Å². The molecule has 1 N–H and O–H groups in total. The van der Waals surface area contributed by atoms with E-state index in [0.29, 0.717) is 11.8 Å². The van der Waals surface area contributed by atoms with Crippen molar-refractivity contribution < 1.29 is 5.11 Å². The molecule has 78 valence electrons. The summed E-state index contributed by atoms with van der Waals surface area (Å²) in [4.78, 5) is 0. The van der Waals surface area contributed by atoms with Crippen LogP contribution in [0.25, 0.3) is 0 Å². The van der Waals surface area contributed by atoms with Crippen molar-refractivity contribution in [3.63, 3.8) is 0 Å². The molecule has 0 spiro atoms. The maximum Gasteiger partial charge on any atom is 0.0675 e. The minimum atomic E-state index is -0.340. The van der Waals surface area contributed by atoms with Crippen LogP contribution in [0.1, 0.15) is 59.3 Å². The minimum Gasteiger partial charge on any atom is -0.390 e. The number of hydrogen-bond acceptors (Lipinski definition) is 1. The summed E-state index contributed by atoms with van der Waals surface area (Å²) in [5.74, 6) is 1.13. The summed E-state index contributed by atoms with van der Waals surface area (Å²) < 4.78 is 0. The Morgan fingerprint density at radius 1 is 1.15 bits per heavy atom. The van der Waals surface area contributed by atoms with Gasteiger partial charge in [0.25, 0.3) is 0 Å². The van der Waals surface area contributed by atoms with Crippen LogP contribution in [0.4, 0.5) is 0 Å². The molecule has 1 aliphatic carbocycles. The van der Waals surface area contributed by atoms with E-state index in [-0.39, 0.29) is 5.60 Å². The molecule has 0 radical (unpaired) electrons. The van der Waals surface area contributed by atoms with Gasteiger partial charge in [0.05, 0.1) is 5.60 Å². The van der Waals surface area contributed by atoms with Gasteiger partial charge < -0.3 is 5.11 Å². The highest BCUT2D eigenvalue weighted by molar-refractivity contribution is 4.88. The van der Waals surface area contributed by atoms with Gasteiger partial charge in [0.1, 0.15) is 0 Å². The van der Waals surface area contributed by atoms with E-state index in [0.717, 1.165) is 12.8 Å². The fourth-order valence-electron chi connectivity index (χ4n) is 2.50. The zero-order valence-electron chi connectivity index (χ0n) is 9.34. The first kappa shape index (κ1) is 11.0. The zero-order chi connectivity index (χ0) is 9.90. The van der Waals surface area contributed by atoms with Crippen LogP contribution in [0.2, 0.25) is 0 Å². The topological polar surface area (TPSA) is 20.2 Å². The summed E-state index contributed by atoms with van der Waals surface area (Å²) >= 11 is 0. The highest BCUT2D eigenvalue weighted by atomic mass is 16.3. The summed E-state index contributed by atoms with van der Waals surface area (Å²) in [5.41, 5.74) is -0.340. The minimum absolute atomic E-state index is 0.340. The second kappa shape index (κ2) is 4.45. The van der Waals surface area contributed by atoms with Gasteiger partial charge >= 0.3 is 0 Å². The van der Waals surface area contributed by atoms with Gasteiger partial charge in [0.15, 0.2) is 0 Å². The second-order valence-corrected chi connectivity index (χ2v) is 4.84. The lowest BCUT2D eigenvalue weighted by molar-refractivity contribution is -0.0610. The first-order valence-electron chi connectivity index (χ1n) is 5.82. The van der Waals surface area contributed by atoms with E-state index < -0.39 is 0 Å². The molecule has 0 aromatic rings. The molecule has 1 rings (SSSR count). The first-order valence-corrected chi connectivity index (χ1v) is 5.82. The largest absolute Gasteiger partial charge is 0.390 e. The van der Waals surface area contributed by atoms with Crippen LogP contribution < -0.4 is 0 Å². The van der Waals surface area contributed by atoms with Crippen LogP contribution in [0.15, 0.2) is 0 Å². The molecular weight excluding hydrogens is 160 g/mol. The molecule has 0 aromatic carbocycles. The third-order valence-corrected chi connectivity index (χ3v) is 4.06. The van der Waals surface area contributed by atoms with E-state index in [1.54, 1.807) is 0 Å². The SMILES string of the molecule is CCC(C)C(C)C1(O)CCCCC1. The molecule has 1 aliphatic rings. The molecule has 1 saturated carbocycles. The van der Waals surface area contributed by atoms with Crippen LogP contribution in [0.3, 0.4) is 0 Å². The fourth-order valence-corrected chi connectivity index (χ4v) is 2.50. The number of rotatable bonds is 3. The fraction of sp³-hybridized carbons (Fsp3) is 1.00. The molecule has 0 bridgehead atoms. The molecule has 2 unspecified atom stereocenters. The summed E-state index contributed by atoms with van der Waals surface area (Å²) in [7, 11) is 0. The van der Waals surface area contributed by atoms with E-state index >= 15 is 0 Å². The smallest absolute Gasteiger partial charge is 0.0675 e. The van der Waals surface area contributed by atoms with Crippen molar-refractivity contribution in [2.75, 3.05) is 0 Å². The van der Waals surface area contributed by atoms with Crippen molar-refractivity contribution in [1.29, 1.82) is 0 Å². The monoisotopic (exact) mass is 184 g/mol. The van der Waals surface area contributed by atoms with Crippen molar-refractivity contribution in [1.82, 2.24) is 0 Å². The van der Waals surface area contributed by atoms with Gasteiger partial charge in [-0.15, -0.1) is 0 Å². The van der Waals surface area contributed by atoms with Gasteiger partial charge in [-0.25, -0.2) is 0 Å². The van der Waals surface area contributed by atoms with Crippen molar-refractivity contribution in [2.45, 2.75) is 64.9 Å². The van der Waals surface area contributed by atoms with Crippen LogP contribution >= 0.6 is 0 Å². The third-order valence-electron chi connectivity index (χ3n) is 4.06. The Morgan fingerprint density at radius 2 is 1.69 bits per heavy atom. The van der Waals surface area contributed by atoms with E-state index in [1.807, 2.05) is 0 Å². The molecule has 0 heterocycles. The maximum absolute atomic E-state index is 10.4. The van der Waals surface area contributed by atoms with Crippen molar-refractivity contribution >= 4 is 0 Å². The Morgan fingerprint density at radius 3 is 2.15 bits per heavy atom. The van der Waals surface area contributed by atoms with E-state index in [9.17, 15) is 5.11 Å². The van der Waals surface area contributed by atoms with E-state index in [1.165, 1.54) is 25.7 Å². The van der Waals surface area contributed by atoms with Gasteiger partial charge in [0.2, 0.25) is 0 Å². The van der Waals surface area contributed by atoms with Gasteiger partial charge in [-0.3, -0.25) is 0 Å². The summed E-state index contributed by atoms with van der Waals surface area (Å²) in [6.45, 7) is 6.70. The number of aliphatic hydroxyl groups is 1. The Balaban J connectivity index is 2.55. The van der Waals surface area contributed by atoms with Gasteiger partial charge in [-0.1, -0.05) is 46.5 Å². The lowest BCUT2D eigenvalue weighted by Crippen LogP contribution is -2.41. The molecule has 13 heavy (non-hydrogen) atoms. The molecule has 0 saturated heterocycles. The quantitative estimate of drug-likeness (QED) is 0.713. The predicted octanol–water partition coefficient (Wildman–Crippen LogP) is 3.36. The Labute approximate surface area is 82.5 Å². The highest BCUT2D eigenvalue weighted by Gasteiger charge is 2.36. The average molecular weight is 184 g/mol. The normalized spacial score (nSPS) is 26.8. The van der Waals surface area contributed by atoms with Gasteiger partial charge in [-0.05, 0) is 24.7 Å². The Hall–Kier alpha value is -0.0400. The second-order valence-electron chi connectivity index (χ2n) is 4.84. The lowest BCUT2D eigenvalue weighted by Gasteiger charge is -2.40. The molecule has 0 aromatic heterocycles. The van der Waals surface area contributed by atoms with Crippen molar-refractivity contribution in [3.05, 3.63) is 0 Å². The standard InChI is InChI=1S/C12H24O/c1-4-10(2)11(3)12(13)8-6-5-7-9-12/h10-11,13H,4-9H2,1-3H3. The maximum atomic E-state index is 10.4. The summed E-state index contributed by atoms with van der Waals surface area (Å²) in [6.07, 6.45) is 6.99. The van der Waals surface area contributed by atoms with E-state index in [2.05, 4.69) is 20.8 Å². The molecule has 1 nitrogen and oxygen atoms in total. The predicted molar refractivity (Wildman–Crippen MR) is 56.7 cm³/mol. The highest BCUT2D eigenvalue weighted by Crippen LogP contribution is 2.38. The summed E-state index contributed by atoms with van der Waals surface area (Å²) in [6, 6.07) is 0. The molecule has 1 heteroatoms. The van der Waals surface area contributed by atoms with Crippen molar-refractivity contribution in [3.8, 4) is 0 Å². The van der Waals surface area contributed by atoms with Gasteiger partial charge in [-0.2, -0.15) is 0 Å². The van der Waals surface area contributed by atoms with E-state index in [4.69, 9.17) is 0 Å². The Bertz CT molecular complexity index is 147. The Kier molecular flexibility index (Phi) is 3.78. The molecule has 2 atom stereocenters. The molecule has 1 fully saturated rings. The lowest BCUT2D eigenvalue weighted by atomic mass is 9.71. The number of hydrogen-bond donors (Lipinski definition) is 1. The summed E-state index contributed by atoms with van der Waals surface area (Å²) in [5, 5.41) is 10.4. The average Bonchev–Trinajstić information content (AvgIpc) is 2.16. The molecule has 0 aliphatic heterocycles. The first-order chi connectivity index (χ1) is 6.10. The molecular formula is C12H24O. The van der Waals surface area contributed by atoms with Crippen LogP contribution in [0.5, 0.6) is 0 Å².